The Hall–Kier alpha value is -1.47. The maximum atomic E-state index is 12.2. The quantitative estimate of drug-likeness (QED) is 0.812. The molecule has 2 saturated heterocycles. The molecule has 3 heterocycles. The molecule has 0 spiro atoms. The molecule has 3 rings (SSSR count). The Balaban J connectivity index is 1.56. The zero-order valence-corrected chi connectivity index (χ0v) is 14.0. The van der Waals surface area contributed by atoms with Gasteiger partial charge in [-0.15, -0.1) is 0 Å². The van der Waals surface area contributed by atoms with Crippen LogP contribution in [0.25, 0.3) is 0 Å². The van der Waals surface area contributed by atoms with Gasteiger partial charge in [-0.1, -0.05) is 19.0 Å². The highest BCUT2D eigenvalue weighted by Gasteiger charge is 2.30. The summed E-state index contributed by atoms with van der Waals surface area (Å²) in [7, 11) is 0. The smallest absolute Gasteiger partial charge is 0.231 e. The highest BCUT2D eigenvalue weighted by atomic mass is 16.5. The van der Waals surface area contributed by atoms with Crippen LogP contribution in [0.5, 0.6) is 0 Å². The first kappa shape index (κ1) is 16.4. The Morgan fingerprint density at radius 1 is 1.26 bits per heavy atom. The number of carbonyl (C=O) groups excluding carboxylic acids is 1. The summed E-state index contributed by atoms with van der Waals surface area (Å²) in [6, 6.07) is 0. The van der Waals surface area contributed by atoms with Gasteiger partial charge in [0.2, 0.25) is 11.8 Å². The number of ether oxygens (including phenoxy) is 1. The summed E-state index contributed by atoms with van der Waals surface area (Å²) in [5.74, 6) is 2.08. The van der Waals surface area contributed by atoms with E-state index in [4.69, 9.17) is 9.26 Å². The molecular formula is C16H26N4O3. The van der Waals surface area contributed by atoms with Crippen molar-refractivity contribution in [3.63, 3.8) is 0 Å². The van der Waals surface area contributed by atoms with E-state index in [1.165, 1.54) is 0 Å². The zero-order chi connectivity index (χ0) is 16.2. The Morgan fingerprint density at radius 2 is 2.04 bits per heavy atom. The minimum absolute atomic E-state index is 0.164. The number of piperidine rings is 1. The predicted octanol–water partition coefficient (Wildman–Crippen LogP) is 1.23. The van der Waals surface area contributed by atoms with Crippen molar-refractivity contribution in [1.82, 2.24) is 19.9 Å². The monoisotopic (exact) mass is 322 g/mol. The van der Waals surface area contributed by atoms with Crippen LogP contribution in [0.4, 0.5) is 0 Å². The number of nitrogens with zero attached hydrogens (tertiary/aromatic N) is 4. The molecule has 0 saturated carbocycles. The molecule has 0 unspecified atom stereocenters. The number of morpholine rings is 1. The number of amides is 1. The van der Waals surface area contributed by atoms with Crippen LogP contribution in [0.15, 0.2) is 4.52 Å². The summed E-state index contributed by atoms with van der Waals surface area (Å²) in [5, 5.41) is 4.04. The average molecular weight is 322 g/mol. The van der Waals surface area contributed by atoms with Gasteiger partial charge in [-0.2, -0.15) is 4.98 Å². The van der Waals surface area contributed by atoms with Crippen LogP contribution in [-0.4, -0.2) is 71.8 Å². The van der Waals surface area contributed by atoms with E-state index in [0.29, 0.717) is 18.9 Å². The molecule has 23 heavy (non-hydrogen) atoms. The van der Waals surface area contributed by atoms with E-state index in [1.807, 2.05) is 18.7 Å². The number of likely N-dealkylation sites (tertiary alicyclic amines) is 1. The van der Waals surface area contributed by atoms with Gasteiger partial charge in [0.1, 0.15) is 0 Å². The van der Waals surface area contributed by atoms with Crippen molar-refractivity contribution in [3.05, 3.63) is 11.7 Å². The topological polar surface area (TPSA) is 71.7 Å². The molecule has 0 N–H and O–H groups in total. The summed E-state index contributed by atoms with van der Waals surface area (Å²) in [5.41, 5.74) is 0. The molecule has 1 amide bonds. The largest absolute Gasteiger partial charge is 0.379 e. The Bertz CT molecular complexity index is 525. The Kier molecular flexibility index (Phi) is 5.27. The predicted molar refractivity (Wildman–Crippen MR) is 84.2 cm³/mol. The third kappa shape index (κ3) is 4.09. The van der Waals surface area contributed by atoms with E-state index in [-0.39, 0.29) is 17.7 Å². The van der Waals surface area contributed by atoms with Crippen LogP contribution in [0, 0.1) is 0 Å². The molecule has 7 nitrogen and oxygen atoms in total. The van der Waals surface area contributed by atoms with Gasteiger partial charge >= 0.3 is 0 Å². The lowest BCUT2D eigenvalue weighted by atomic mass is 9.97. The van der Waals surface area contributed by atoms with Gasteiger partial charge in [0.15, 0.2) is 5.82 Å². The molecule has 7 heteroatoms. The highest BCUT2D eigenvalue weighted by Crippen LogP contribution is 2.27. The standard InChI is InChI=1S/C16H26N4O3/c1-12(2)15-17-16(23-18-15)13-3-4-14(21)20(11-13)6-5-19-7-9-22-10-8-19/h12-13H,3-11H2,1-2H3/t13-/m0/s1. The SMILES string of the molecule is CC(C)c1noc([C@H]2CCC(=O)N(CCN3CCOCC3)C2)n1. The van der Waals surface area contributed by atoms with Crippen molar-refractivity contribution >= 4 is 5.91 Å². The highest BCUT2D eigenvalue weighted by molar-refractivity contribution is 5.77. The third-order valence-corrected chi connectivity index (χ3v) is 4.61. The normalized spacial score (nSPS) is 23.7. The molecule has 0 aliphatic carbocycles. The summed E-state index contributed by atoms with van der Waals surface area (Å²) < 4.78 is 10.8. The maximum absolute atomic E-state index is 12.2. The summed E-state index contributed by atoms with van der Waals surface area (Å²) in [4.78, 5) is 21.0. The first-order chi connectivity index (χ1) is 11.1. The van der Waals surface area contributed by atoms with Crippen molar-refractivity contribution in [2.24, 2.45) is 0 Å². The minimum Gasteiger partial charge on any atom is -0.379 e. The molecule has 0 bridgehead atoms. The fourth-order valence-corrected chi connectivity index (χ4v) is 3.07. The molecule has 0 aromatic carbocycles. The Morgan fingerprint density at radius 3 is 2.74 bits per heavy atom. The molecule has 2 aliphatic rings. The van der Waals surface area contributed by atoms with Gasteiger partial charge in [0.05, 0.1) is 19.1 Å². The van der Waals surface area contributed by atoms with Crippen molar-refractivity contribution in [1.29, 1.82) is 0 Å². The number of hydrogen-bond donors (Lipinski definition) is 0. The van der Waals surface area contributed by atoms with Crippen LogP contribution in [-0.2, 0) is 9.53 Å². The molecular weight excluding hydrogens is 296 g/mol. The number of aromatic nitrogens is 2. The molecule has 1 atom stereocenters. The van der Waals surface area contributed by atoms with Crippen molar-refractivity contribution < 1.29 is 14.1 Å². The van der Waals surface area contributed by atoms with Crippen molar-refractivity contribution in [2.45, 2.75) is 38.5 Å². The fourth-order valence-electron chi connectivity index (χ4n) is 3.07. The van der Waals surface area contributed by atoms with Gasteiger partial charge < -0.3 is 14.2 Å². The number of carbonyl (C=O) groups is 1. The van der Waals surface area contributed by atoms with Crippen LogP contribution in [0.3, 0.4) is 0 Å². The summed E-state index contributed by atoms with van der Waals surface area (Å²) in [6.45, 7) is 9.93. The van der Waals surface area contributed by atoms with E-state index in [9.17, 15) is 4.79 Å². The second-order valence-electron chi connectivity index (χ2n) is 6.67. The van der Waals surface area contributed by atoms with Gasteiger partial charge in [-0.25, -0.2) is 0 Å². The van der Waals surface area contributed by atoms with E-state index >= 15 is 0 Å². The molecule has 1 aromatic heterocycles. The second-order valence-corrected chi connectivity index (χ2v) is 6.67. The Labute approximate surface area is 137 Å². The third-order valence-electron chi connectivity index (χ3n) is 4.61. The van der Waals surface area contributed by atoms with E-state index in [1.54, 1.807) is 0 Å². The molecule has 128 valence electrons. The summed E-state index contributed by atoms with van der Waals surface area (Å²) in [6.07, 6.45) is 1.36. The van der Waals surface area contributed by atoms with Crippen LogP contribution in [0.2, 0.25) is 0 Å². The molecule has 2 aliphatic heterocycles. The van der Waals surface area contributed by atoms with Crippen LogP contribution >= 0.6 is 0 Å². The fraction of sp³-hybridized carbons (Fsp3) is 0.812. The lowest BCUT2D eigenvalue weighted by molar-refractivity contribution is -0.134. The number of hydrogen-bond acceptors (Lipinski definition) is 6. The van der Waals surface area contributed by atoms with E-state index in [2.05, 4.69) is 15.0 Å². The molecule has 2 fully saturated rings. The minimum atomic E-state index is 0.164. The van der Waals surface area contributed by atoms with E-state index in [0.717, 1.165) is 51.6 Å². The maximum Gasteiger partial charge on any atom is 0.231 e. The van der Waals surface area contributed by atoms with Crippen LogP contribution < -0.4 is 0 Å². The first-order valence-electron chi connectivity index (χ1n) is 8.55. The van der Waals surface area contributed by atoms with Gasteiger partial charge in [-0.3, -0.25) is 9.69 Å². The first-order valence-corrected chi connectivity index (χ1v) is 8.55. The molecule has 1 aromatic rings. The van der Waals surface area contributed by atoms with E-state index < -0.39 is 0 Å². The van der Waals surface area contributed by atoms with Gasteiger partial charge in [0.25, 0.3) is 0 Å². The second kappa shape index (κ2) is 7.40. The summed E-state index contributed by atoms with van der Waals surface area (Å²) >= 11 is 0. The average Bonchev–Trinajstić information content (AvgIpc) is 3.05. The van der Waals surface area contributed by atoms with Crippen molar-refractivity contribution in [2.75, 3.05) is 45.9 Å². The zero-order valence-electron chi connectivity index (χ0n) is 14.0. The lowest BCUT2D eigenvalue weighted by Gasteiger charge is -2.34. The van der Waals surface area contributed by atoms with Gasteiger partial charge in [0, 0.05) is 45.1 Å². The van der Waals surface area contributed by atoms with Crippen molar-refractivity contribution in [3.8, 4) is 0 Å². The molecule has 0 radical (unpaired) electrons. The number of rotatable bonds is 5. The van der Waals surface area contributed by atoms with Crippen LogP contribution in [0.1, 0.15) is 50.2 Å². The lowest BCUT2D eigenvalue weighted by Crippen LogP contribution is -2.45. The van der Waals surface area contributed by atoms with Gasteiger partial charge in [-0.05, 0) is 6.42 Å².